The summed E-state index contributed by atoms with van der Waals surface area (Å²) >= 11 is 11.3. The van der Waals surface area contributed by atoms with Crippen molar-refractivity contribution in [3.8, 4) is 0 Å². The lowest BCUT2D eigenvalue weighted by Gasteiger charge is -2.10. The molecule has 6 heteroatoms. The first-order valence-electron chi connectivity index (χ1n) is 7.39. The van der Waals surface area contributed by atoms with E-state index >= 15 is 0 Å². The summed E-state index contributed by atoms with van der Waals surface area (Å²) in [6.07, 6.45) is 2.41. The maximum atomic E-state index is 5.93. The average Bonchev–Trinajstić information content (AvgIpc) is 3.25. The number of anilines is 1. The SMILES string of the molecule is Cc1nn(Cc2ccc(Cl)cc2)c(C)c1NC(=S)NC1CC1. The molecule has 1 aromatic heterocycles. The minimum Gasteiger partial charge on any atom is -0.360 e. The quantitative estimate of drug-likeness (QED) is 0.837. The Labute approximate surface area is 140 Å². The number of benzene rings is 1. The molecule has 0 aliphatic heterocycles. The fraction of sp³-hybridized carbons (Fsp3) is 0.375. The van der Waals surface area contributed by atoms with Crippen molar-refractivity contribution >= 4 is 34.6 Å². The van der Waals surface area contributed by atoms with E-state index in [2.05, 4.69) is 22.7 Å². The fourth-order valence-corrected chi connectivity index (χ4v) is 2.75. The summed E-state index contributed by atoms with van der Waals surface area (Å²) in [5.41, 5.74) is 4.19. The molecule has 2 N–H and O–H groups in total. The third kappa shape index (κ3) is 3.59. The second-order valence-corrected chi connectivity index (χ2v) is 6.55. The molecule has 0 atom stereocenters. The molecule has 0 radical (unpaired) electrons. The van der Waals surface area contributed by atoms with E-state index in [-0.39, 0.29) is 0 Å². The highest BCUT2D eigenvalue weighted by molar-refractivity contribution is 7.80. The lowest BCUT2D eigenvalue weighted by molar-refractivity contribution is 0.659. The van der Waals surface area contributed by atoms with Crippen molar-refractivity contribution in [2.45, 2.75) is 39.3 Å². The third-order valence-corrected chi connectivity index (χ3v) is 4.25. The summed E-state index contributed by atoms with van der Waals surface area (Å²) in [5.74, 6) is 0. The van der Waals surface area contributed by atoms with Gasteiger partial charge in [0.05, 0.1) is 23.6 Å². The summed E-state index contributed by atoms with van der Waals surface area (Å²) in [6, 6.07) is 8.38. The average molecular weight is 335 g/mol. The molecule has 22 heavy (non-hydrogen) atoms. The van der Waals surface area contributed by atoms with Crippen LogP contribution in [0.3, 0.4) is 0 Å². The van der Waals surface area contributed by atoms with Gasteiger partial charge < -0.3 is 10.6 Å². The molecule has 4 nitrogen and oxygen atoms in total. The highest BCUT2D eigenvalue weighted by Gasteiger charge is 2.22. The number of hydrogen-bond donors (Lipinski definition) is 2. The number of aromatic nitrogens is 2. The summed E-state index contributed by atoms with van der Waals surface area (Å²) < 4.78 is 1.99. The Morgan fingerprint density at radius 2 is 2.00 bits per heavy atom. The summed E-state index contributed by atoms with van der Waals surface area (Å²) in [7, 11) is 0. The molecule has 3 rings (SSSR count). The highest BCUT2D eigenvalue weighted by Crippen LogP contribution is 2.22. The van der Waals surface area contributed by atoms with Crippen molar-refractivity contribution < 1.29 is 0 Å². The van der Waals surface area contributed by atoms with Crippen molar-refractivity contribution in [2.24, 2.45) is 0 Å². The van der Waals surface area contributed by atoms with Gasteiger partial charge in [0.25, 0.3) is 0 Å². The molecule has 0 bridgehead atoms. The normalized spacial score (nSPS) is 14.0. The van der Waals surface area contributed by atoms with E-state index in [1.807, 2.05) is 35.9 Å². The minimum atomic E-state index is 0.546. The lowest BCUT2D eigenvalue weighted by atomic mass is 10.2. The number of aryl methyl sites for hydroxylation is 1. The molecule has 1 heterocycles. The van der Waals surface area contributed by atoms with Gasteiger partial charge in [0.2, 0.25) is 0 Å². The minimum absolute atomic E-state index is 0.546. The van der Waals surface area contributed by atoms with Crippen LogP contribution in [0.4, 0.5) is 5.69 Å². The number of halogens is 1. The zero-order chi connectivity index (χ0) is 15.7. The van der Waals surface area contributed by atoms with E-state index in [1.54, 1.807) is 0 Å². The van der Waals surface area contributed by atoms with Gasteiger partial charge in [-0.1, -0.05) is 23.7 Å². The topological polar surface area (TPSA) is 41.9 Å². The Morgan fingerprint density at radius 3 is 2.64 bits per heavy atom. The molecule has 1 aromatic carbocycles. The van der Waals surface area contributed by atoms with Crippen LogP contribution in [0.1, 0.15) is 29.8 Å². The van der Waals surface area contributed by atoms with Gasteiger partial charge in [-0.15, -0.1) is 0 Å². The van der Waals surface area contributed by atoms with Crippen LogP contribution in [0, 0.1) is 13.8 Å². The van der Waals surface area contributed by atoms with E-state index in [4.69, 9.17) is 23.8 Å². The van der Waals surface area contributed by atoms with Crippen LogP contribution in [0.15, 0.2) is 24.3 Å². The van der Waals surface area contributed by atoms with Crippen LogP contribution in [0.5, 0.6) is 0 Å². The van der Waals surface area contributed by atoms with E-state index in [9.17, 15) is 0 Å². The Bertz CT molecular complexity index is 689. The van der Waals surface area contributed by atoms with E-state index < -0.39 is 0 Å². The summed E-state index contributed by atoms with van der Waals surface area (Å²) in [5, 5.41) is 12.6. The predicted molar refractivity (Wildman–Crippen MR) is 94.6 cm³/mol. The standard InChI is InChI=1S/C16H19ClN4S/c1-10-15(19-16(22)18-14-7-8-14)11(2)21(20-10)9-12-3-5-13(17)6-4-12/h3-6,14H,7-9H2,1-2H3,(H2,18,19,22). The molecule has 116 valence electrons. The monoisotopic (exact) mass is 334 g/mol. The molecule has 1 aliphatic rings. The fourth-order valence-electron chi connectivity index (χ4n) is 2.36. The molecular formula is C16H19ClN4S. The van der Waals surface area contributed by atoms with Crippen molar-refractivity contribution in [1.82, 2.24) is 15.1 Å². The molecule has 2 aromatic rings. The van der Waals surface area contributed by atoms with Gasteiger partial charge in [-0.25, -0.2) is 0 Å². The Hall–Kier alpha value is -1.59. The van der Waals surface area contributed by atoms with Gasteiger partial charge >= 0.3 is 0 Å². The van der Waals surface area contributed by atoms with Crippen LogP contribution >= 0.6 is 23.8 Å². The van der Waals surface area contributed by atoms with Crippen LogP contribution in [-0.2, 0) is 6.54 Å². The van der Waals surface area contributed by atoms with Crippen LogP contribution in [-0.4, -0.2) is 20.9 Å². The van der Waals surface area contributed by atoms with Crippen molar-refractivity contribution in [1.29, 1.82) is 0 Å². The molecule has 0 spiro atoms. The third-order valence-electron chi connectivity index (χ3n) is 3.78. The highest BCUT2D eigenvalue weighted by atomic mass is 35.5. The van der Waals surface area contributed by atoms with Gasteiger partial charge in [0.15, 0.2) is 5.11 Å². The number of thiocarbonyl (C=S) groups is 1. The zero-order valence-corrected chi connectivity index (χ0v) is 14.3. The Kier molecular flexibility index (Phi) is 4.36. The van der Waals surface area contributed by atoms with Gasteiger partial charge in [0, 0.05) is 11.1 Å². The maximum Gasteiger partial charge on any atom is 0.171 e. The largest absolute Gasteiger partial charge is 0.360 e. The number of nitrogens with one attached hydrogen (secondary N) is 2. The van der Waals surface area contributed by atoms with Gasteiger partial charge in [-0.2, -0.15) is 5.10 Å². The van der Waals surface area contributed by atoms with Crippen LogP contribution < -0.4 is 10.6 Å². The molecule has 1 saturated carbocycles. The van der Waals surface area contributed by atoms with Gasteiger partial charge in [0.1, 0.15) is 0 Å². The summed E-state index contributed by atoms with van der Waals surface area (Å²) in [4.78, 5) is 0. The van der Waals surface area contributed by atoms with Crippen LogP contribution in [0.2, 0.25) is 5.02 Å². The number of rotatable bonds is 4. The maximum absolute atomic E-state index is 5.93. The van der Waals surface area contributed by atoms with Crippen molar-refractivity contribution in [3.63, 3.8) is 0 Å². The van der Waals surface area contributed by atoms with Crippen LogP contribution in [0.25, 0.3) is 0 Å². The van der Waals surface area contributed by atoms with E-state index in [1.165, 1.54) is 18.4 Å². The molecule has 1 fully saturated rings. The Morgan fingerprint density at radius 1 is 1.32 bits per heavy atom. The number of nitrogens with zero attached hydrogens (tertiary/aromatic N) is 2. The molecule has 0 unspecified atom stereocenters. The van der Waals surface area contributed by atoms with E-state index in [0.717, 1.165) is 22.1 Å². The molecule has 1 aliphatic carbocycles. The molecule has 0 saturated heterocycles. The van der Waals surface area contributed by atoms with Crippen molar-refractivity contribution in [2.75, 3.05) is 5.32 Å². The van der Waals surface area contributed by atoms with Gasteiger partial charge in [-0.3, -0.25) is 4.68 Å². The first kappa shape index (κ1) is 15.3. The molecular weight excluding hydrogens is 316 g/mol. The lowest BCUT2D eigenvalue weighted by Crippen LogP contribution is -2.30. The molecule has 0 amide bonds. The summed E-state index contributed by atoms with van der Waals surface area (Å²) in [6.45, 7) is 4.76. The Balaban J connectivity index is 1.73. The van der Waals surface area contributed by atoms with Gasteiger partial charge in [-0.05, 0) is 56.6 Å². The van der Waals surface area contributed by atoms with Crippen molar-refractivity contribution in [3.05, 3.63) is 46.2 Å². The first-order valence-corrected chi connectivity index (χ1v) is 8.17. The first-order chi connectivity index (χ1) is 10.5. The number of hydrogen-bond acceptors (Lipinski definition) is 2. The van der Waals surface area contributed by atoms with E-state index in [0.29, 0.717) is 17.7 Å². The second kappa shape index (κ2) is 6.26. The zero-order valence-electron chi connectivity index (χ0n) is 12.7. The second-order valence-electron chi connectivity index (χ2n) is 5.70. The smallest absolute Gasteiger partial charge is 0.171 e. The predicted octanol–water partition coefficient (Wildman–Crippen LogP) is 3.65.